The molecule has 0 unspecified atom stereocenters. The summed E-state index contributed by atoms with van der Waals surface area (Å²) >= 11 is 3.68. The van der Waals surface area contributed by atoms with E-state index in [1.165, 1.54) is 30.2 Å². The number of aryl methyl sites for hydroxylation is 1. The van der Waals surface area contributed by atoms with Gasteiger partial charge in [-0.1, -0.05) is 6.92 Å². The first-order valence-corrected chi connectivity index (χ1v) is 7.77. The molecule has 0 atom stereocenters. The Morgan fingerprint density at radius 2 is 2.15 bits per heavy atom. The lowest BCUT2D eigenvalue weighted by atomic mass is 10.1. The normalized spacial score (nSPS) is 15.3. The van der Waals surface area contributed by atoms with Gasteiger partial charge in [0.2, 0.25) is 0 Å². The van der Waals surface area contributed by atoms with Crippen LogP contribution in [-0.4, -0.2) is 9.61 Å². The van der Waals surface area contributed by atoms with E-state index in [9.17, 15) is 4.39 Å². The molecule has 0 bridgehead atoms. The van der Waals surface area contributed by atoms with Crippen molar-refractivity contribution < 1.29 is 4.39 Å². The SMILES string of the molecule is CCc1cnn2c(C3CC3)c(Br)c3cc(F)ccc3c12. The van der Waals surface area contributed by atoms with Gasteiger partial charge in [0.15, 0.2) is 0 Å². The molecule has 2 aromatic heterocycles. The quantitative estimate of drug-likeness (QED) is 0.657. The number of benzene rings is 1. The molecule has 0 amide bonds. The van der Waals surface area contributed by atoms with Gasteiger partial charge in [-0.05, 0) is 59.0 Å². The van der Waals surface area contributed by atoms with E-state index in [4.69, 9.17) is 0 Å². The molecule has 1 saturated carbocycles. The lowest BCUT2D eigenvalue weighted by molar-refractivity contribution is 0.629. The largest absolute Gasteiger partial charge is 0.235 e. The van der Waals surface area contributed by atoms with E-state index in [1.54, 1.807) is 6.07 Å². The van der Waals surface area contributed by atoms with Crippen LogP contribution in [0.2, 0.25) is 0 Å². The van der Waals surface area contributed by atoms with E-state index in [-0.39, 0.29) is 5.82 Å². The zero-order valence-electron chi connectivity index (χ0n) is 11.2. The van der Waals surface area contributed by atoms with E-state index >= 15 is 0 Å². The average Bonchev–Trinajstić information content (AvgIpc) is 3.18. The zero-order valence-corrected chi connectivity index (χ0v) is 12.7. The van der Waals surface area contributed by atoms with Crippen LogP contribution in [0.25, 0.3) is 16.3 Å². The molecule has 1 fully saturated rings. The van der Waals surface area contributed by atoms with E-state index in [0.717, 1.165) is 27.2 Å². The van der Waals surface area contributed by atoms with E-state index < -0.39 is 0 Å². The minimum absolute atomic E-state index is 0.193. The van der Waals surface area contributed by atoms with Crippen molar-refractivity contribution in [2.24, 2.45) is 0 Å². The third kappa shape index (κ3) is 1.64. The van der Waals surface area contributed by atoms with Gasteiger partial charge in [-0.2, -0.15) is 5.10 Å². The highest BCUT2D eigenvalue weighted by Gasteiger charge is 2.30. The fraction of sp³-hybridized carbons (Fsp3) is 0.312. The number of nitrogens with zero attached hydrogens (tertiary/aromatic N) is 2. The van der Waals surface area contributed by atoms with Gasteiger partial charge < -0.3 is 0 Å². The number of fused-ring (bicyclic) bond motifs is 3. The smallest absolute Gasteiger partial charge is 0.123 e. The van der Waals surface area contributed by atoms with Crippen molar-refractivity contribution in [1.82, 2.24) is 9.61 Å². The van der Waals surface area contributed by atoms with Crippen molar-refractivity contribution in [3.8, 4) is 0 Å². The lowest BCUT2D eigenvalue weighted by Crippen LogP contribution is -2.00. The third-order valence-electron chi connectivity index (χ3n) is 4.12. The Kier molecular flexibility index (Phi) is 2.64. The zero-order chi connectivity index (χ0) is 13.9. The highest BCUT2D eigenvalue weighted by Crippen LogP contribution is 2.46. The molecule has 0 radical (unpaired) electrons. The van der Waals surface area contributed by atoms with Gasteiger partial charge in [-0.25, -0.2) is 8.91 Å². The van der Waals surface area contributed by atoms with Crippen LogP contribution in [0.3, 0.4) is 0 Å². The summed E-state index contributed by atoms with van der Waals surface area (Å²) in [4.78, 5) is 0. The van der Waals surface area contributed by atoms with Crippen molar-refractivity contribution in [2.75, 3.05) is 0 Å². The van der Waals surface area contributed by atoms with Crippen LogP contribution in [0.4, 0.5) is 4.39 Å². The third-order valence-corrected chi connectivity index (χ3v) is 4.95. The van der Waals surface area contributed by atoms with Crippen LogP contribution in [0, 0.1) is 5.82 Å². The summed E-state index contributed by atoms with van der Waals surface area (Å²) in [6.07, 6.45) is 5.25. The first kappa shape index (κ1) is 12.3. The number of aromatic nitrogens is 2. The maximum Gasteiger partial charge on any atom is 0.123 e. The molecule has 1 aliphatic carbocycles. The van der Waals surface area contributed by atoms with E-state index in [1.807, 2.05) is 12.3 Å². The molecule has 1 aliphatic rings. The Bertz CT molecular complexity index is 833. The Hall–Kier alpha value is -1.42. The first-order valence-electron chi connectivity index (χ1n) is 6.98. The van der Waals surface area contributed by atoms with E-state index in [0.29, 0.717) is 5.92 Å². The lowest BCUT2D eigenvalue weighted by Gasteiger charge is -2.12. The number of rotatable bonds is 2. The van der Waals surface area contributed by atoms with Gasteiger partial charge >= 0.3 is 0 Å². The standard InChI is InChI=1S/C16H14BrFN2/c1-2-9-8-19-20-15(9)12-6-5-11(18)7-13(12)14(17)16(20)10-3-4-10/h5-8,10H,2-4H2,1H3. The Morgan fingerprint density at radius 3 is 2.85 bits per heavy atom. The maximum atomic E-state index is 13.6. The van der Waals surface area contributed by atoms with Gasteiger partial charge in [0.25, 0.3) is 0 Å². The molecule has 0 N–H and O–H groups in total. The van der Waals surface area contributed by atoms with E-state index in [2.05, 4.69) is 32.5 Å². The van der Waals surface area contributed by atoms with Crippen LogP contribution in [0.1, 0.15) is 36.9 Å². The molecular formula is C16H14BrFN2. The fourth-order valence-corrected chi connectivity index (χ4v) is 3.77. The van der Waals surface area contributed by atoms with Crippen molar-refractivity contribution in [1.29, 1.82) is 0 Å². The number of hydrogen-bond acceptors (Lipinski definition) is 1. The summed E-state index contributed by atoms with van der Waals surface area (Å²) < 4.78 is 16.7. The summed E-state index contributed by atoms with van der Waals surface area (Å²) in [5.41, 5.74) is 3.54. The number of pyridine rings is 1. The van der Waals surface area contributed by atoms with Gasteiger partial charge in [0.1, 0.15) is 5.82 Å². The molecule has 2 nitrogen and oxygen atoms in total. The molecule has 4 rings (SSSR count). The highest BCUT2D eigenvalue weighted by molar-refractivity contribution is 9.10. The average molecular weight is 333 g/mol. The van der Waals surface area contributed by atoms with Gasteiger partial charge in [-0.15, -0.1) is 0 Å². The summed E-state index contributed by atoms with van der Waals surface area (Å²) in [5.74, 6) is 0.353. The van der Waals surface area contributed by atoms with Crippen molar-refractivity contribution in [2.45, 2.75) is 32.1 Å². The Labute approximate surface area is 124 Å². The molecule has 4 heteroatoms. The Morgan fingerprint density at radius 1 is 1.35 bits per heavy atom. The molecule has 102 valence electrons. The topological polar surface area (TPSA) is 17.3 Å². The van der Waals surface area contributed by atoms with Gasteiger partial charge in [0, 0.05) is 21.2 Å². The van der Waals surface area contributed by atoms with Crippen LogP contribution >= 0.6 is 15.9 Å². The fourth-order valence-electron chi connectivity index (χ4n) is 2.96. The van der Waals surface area contributed by atoms with Gasteiger partial charge in [-0.3, -0.25) is 0 Å². The number of halogens is 2. The first-order chi connectivity index (χ1) is 9.70. The predicted molar refractivity (Wildman–Crippen MR) is 81.7 cm³/mol. The monoisotopic (exact) mass is 332 g/mol. The summed E-state index contributed by atoms with van der Waals surface area (Å²) in [5, 5.41) is 6.60. The molecule has 20 heavy (non-hydrogen) atoms. The molecule has 2 heterocycles. The summed E-state index contributed by atoms with van der Waals surface area (Å²) in [6.45, 7) is 2.13. The van der Waals surface area contributed by atoms with Crippen molar-refractivity contribution in [3.05, 3.63) is 45.9 Å². The van der Waals surface area contributed by atoms with Crippen LogP contribution < -0.4 is 0 Å². The highest BCUT2D eigenvalue weighted by atomic mass is 79.9. The molecular weight excluding hydrogens is 319 g/mol. The molecule has 0 saturated heterocycles. The second-order valence-corrected chi connectivity index (χ2v) is 6.24. The van der Waals surface area contributed by atoms with Crippen molar-refractivity contribution in [3.63, 3.8) is 0 Å². The van der Waals surface area contributed by atoms with Crippen LogP contribution in [0.5, 0.6) is 0 Å². The molecule has 3 aromatic rings. The Balaban J connectivity index is 2.24. The van der Waals surface area contributed by atoms with Crippen LogP contribution in [0.15, 0.2) is 28.9 Å². The predicted octanol–water partition coefficient (Wildman–Crippen LogP) is 4.83. The minimum atomic E-state index is -0.193. The maximum absolute atomic E-state index is 13.6. The second kappa shape index (κ2) is 4.29. The summed E-state index contributed by atoms with van der Waals surface area (Å²) in [7, 11) is 0. The van der Waals surface area contributed by atoms with Gasteiger partial charge in [0.05, 0.1) is 17.4 Å². The summed E-state index contributed by atoms with van der Waals surface area (Å²) in [6, 6.07) is 5.01. The number of hydrogen-bond donors (Lipinski definition) is 0. The van der Waals surface area contributed by atoms with Crippen molar-refractivity contribution >= 4 is 32.2 Å². The minimum Gasteiger partial charge on any atom is -0.235 e. The van der Waals surface area contributed by atoms with Crippen LogP contribution in [-0.2, 0) is 6.42 Å². The molecule has 1 aromatic carbocycles. The molecule has 0 aliphatic heterocycles. The second-order valence-electron chi connectivity index (χ2n) is 5.45. The molecule has 0 spiro atoms.